The topological polar surface area (TPSA) is 70.1 Å². The van der Waals surface area contributed by atoms with E-state index < -0.39 is 11.8 Å². The molecule has 0 saturated heterocycles. The maximum absolute atomic E-state index is 13.4. The Morgan fingerprint density at radius 2 is 2.24 bits per heavy atom. The molecule has 2 N–H and O–H groups in total. The summed E-state index contributed by atoms with van der Waals surface area (Å²) in [5.41, 5.74) is 6.42. The van der Waals surface area contributed by atoms with Gasteiger partial charge in [0.25, 0.3) is 0 Å². The number of carbonyl (C=O) groups is 1. The lowest BCUT2D eigenvalue weighted by atomic mass is 10.3. The first kappa shape index (κ1) is 15.8. The summed E-state index contributed by atoms with van der Waals surface area (Å²) in [6, 6.07) is 2.43. The van der Waals surface area contributed by atoms with Gasteiger partial charge in [-0.15, -0.1) is 0 Å². The minimum Gasteiger partial charge on any atom is -0.464 e. The molecule has 21 heavy (non-hydrogen) atoms. The average Bonchev–Trinajstić information content (AvgIpc) is 2.74. The highest BCUT2D eigenvalue weighted by atomic mass is 79.9. The van der Waals surface area contributed by atoms with Crippen LogP contribution < -0.4 is 5.73 Å². The quantitative estimate of drug-likeness (QED) is 0.834. The van der Waals surface area contributed by atoms with Gasteiger partial charge in [-0.05, 0) is 28.1 Å². The van der Waals surface area contributed by atoms with Crippen molar-refractivity contribution in [3.05, 3.63) is 39.0 Å². The Labute approximate surface area is 134 Å². The summed E-state index contributed by atoms with van der Waals surface area (Å²) < 4.78 is 19.9. The molecule has 0 aliphatic heterocycles. The molecule has 0 fully saturated rings. The molecule has 0 radical (unpaired) electrons. The van der Waals surface area contributed by atoms with Crippen molar-refractivity contribution in [1.29, 1.82) is 0 Å². The standard InChI is InChI=1S/C13H12BrClFN3O2/c1-3-9-18-10(13(20)21-2)12(17)19(9)11-7(14)4-6(16)5-8(11)15/h4-5H,3,17H2,1-2H3. The molecule has 1 heterocycles. The number of imidazole rings is 1. The number of ether oxygens (including phenoxy) is 1. The van der Waals surface area contributed by atoms with Crippen LogP contribution in [-0.4, -0.2) is 22.6 Å². The highest BCUT2D eigenvalue weighted by Gasteiger charge is 2.24. The second kappa shape index (κ2) is 6.03. The lowest BCUT2D eigenvalue weighted by Crippen LogP contribution is -2.09. The van der Waals surface area contributed by atoms with Crippen LogP contribution in [0, 0.1) is 5.82 Å². The molecule has 0 spiro atoms. The van der Waals surface area contributed by atoms with Crippen molar-refractivity contribution in [3.63, 3.8) is 0 Å². The van der Waals surface area contributed by atoms with E-state index in [1.165, 1.54) is 23.8 Å². The molecule has 2 aromatic rings. The Kier molecular flexibility index (Phi) is 4.53. The molecular weight excluding hydrogens is 365 g/mol. The third-order valence-corrected chi connectivity index (χ3v) is 3.78. The molecule has 0 aliphatic rings. The van der Waals surface area contributed by atoms with Crippen LogP contribution in [0.4, 0.5) is 10.2 Å². The molecule has 0 atom stereocenters. The highest BCUT2D eigenvalue weighted by molar-refractivity contribution is 9.10. The second-order valence-electron chi connectivity index (χ2n) is 4.16. The van der Waals surface area contributed by atoms with Gasteiger partial charge in [0, 0.05) is 10.9 Å². The third-order valence-electron chi connectivity index (χ3n) is 2.88. The van der Waals surface area contributed by atoms with Gasteiger partial charge >= 0.3 is 5.97 Å². The van der Waals surface area contributed by atoms with Crippen molar-refractivity contribution in [2.45, 2.75) is 13.3 Å². The van der Waals surface area contributed by atoms with Gasteiger partial charge in [0.1, 0.15) is 17.5 Å². The van der Waals surface area contributed by atoms with E-state index in [2.05, 4.69) is 25.7 Å². The third kappa shape index (κ3) is 2.75. The molecule has 1 aromatic carbocycles. The Hall–Kier alpha value is -1.60. The lowest BCUT2D eigenvalue weighted by molar-refractivity contribution is 0.0595. The maximum atomic E-state index is 13.4. The first-order valence-electron chi connectivity index (χ1n) is 6.01. The number of aromatic nitrogens is 2. The molecule has 1 aromatic heterocycles. The summed E-state index contributed by atoms with van der Waals surface area (Å²) in [6.45, 7) is 1.85. The molecule has 8 heteroatoms. The number of nitrogen functional groups attached to an aromatic ring is 1. The zero-order valence-electron chi connectivity index (χ0n) is 11.3. The molecule has 2 rings (SSSR count). The summed E-state index contributed by atoms with van der Waals surface area (Å²) in [6.07, 6.45) is 0.501. The Balaban J connectivity index is 2.75. The second-order valence-corrected chi connectivity index (χ2v) is 5.42. The number of esters is 1. The summed E-state index contributed by atoms with van der Waals surface area (Å²) in [4.78, 5) is 15.9. The highest BCUT2D eigenvalue weighted by Crippen LogP contribution is 2.34. The van der Waals surface area contributed by atoms with E-state index in [9.17, 15) is 9.18 Å². The van der Waals surface area contributed by atoms with Crippen molar-refractivity contribution in [2.24, 2.45) is 0 Å². The Morgan fingerprint density at radius 1 is 1.57 bits per heavy atom. The minimum atomic E-state index is -0.643. The number of methoxy groups -OCH3 is 1. The van der Waals surface area contributed by atoms with Crippen molar-refractivity contribution < 1.29 is 13.9 Å². The summed E-state index contributed by atoms with van der Waals surface area (Å²) in [5, 5.41) is 0.150. The van der Waals surface area contributed by atoms with Crippen LogP contribution in [0.15, 0.2) is 16.6 Å². The number of nitrogens with zero attached hydrogens (tertiary/aromatic N) is 2. The number of halogens is 3. The fourth-order valence-electron chi connectivity index (χ4n) is 1.96. The van der Waals surface area contributed by atoms with Gasteiger partial charge in [-0.2, -0.15) is 0 Å². The summed E-state index contributed by atoms with van der Waals surface area (Å²) in [5.74, 6) is -0.522. The van der Waals surface area contributed by atoms with Crippen LogP contribution in [0.1, 0.15) is 23.2 Å². The number of aryl methyl sites for hydroxylation is 1. The van der Waals surface area contributed by atoms with E-state index in [0.717, 1.165) is 0 Å². The van der Waals surface area contributed by atoms with Gasteiger partial charge in [0.2, 0.25) is 0 Å². The zero-order valence-corrected chi connectivity index (χ0v) is 13.6. The van der Waals surface area contributed by atoms with Gasteiger partial charge in [-0.25, -0.2) is 14.2 Å². The molecular formula is C13H12BrClFN3O2. The minimum absolute atomic E-state index is 0.00152. The van der Waals surface area contributed by atoms with Gasteiger partial charge in [-0.3, -0.25) is 4.57 Å². The van der Waals surface area contributed by atoms with Crippen LogP contribution in [0.5, 0.6) is 0 Å². The molecule has 5 nitrogen and oxygen atoms in total. The number of benzene rings is 1. The lowest BCUT2D eigenvalue weighted by Gasteiger charge is -2.13. The average molecular weight is 377 g/mol. The van der Waals surface area contributed by atoms with E-state index in [1.54, 1.807) is 0 Å². The van der Waals surface area contributed by atoms with Crippen LogP contribution in [0.2, 0.25) is 5.02 Å². The summed E-state index contributed by atoms with van der Waals surface area (Å²) in [7, 11) is 1.24. The first-order chi connectivity index (χ1) is 9.90. The monoisotopic (exact) mass is 375 g/mol. The largest absolute Gasteiger partial charge is 0.464 e. The van der Waals surface area contributed by atoms with Crippen LogP contribution in [0.25, 0.3) is 5.69 Å². The first-order valence-corrected chi connectivity index (χ1v) is 7.18. The van der Waals surface area contributed by atoms with Crippen LogP contribution >= 0.6 is 27.5 Å². The number of nitrogens with two attached hydrogens (primary N) is 1. The van der Waals surface area contributed by atoms with Crippen molar-refractivity contribution in [2.75, 3.05) is 12.8 Å². The number of hydrogen-bond donors (Lipinski definition) is 1. The smallest absolute Gasteiger partial charge is 0.360 e. The van der Waals surface area contributed by atoms with Gasteiger partial charge in [0.15, 0.2) is 5.69 Å². The zero-order chi connectivity index (χ0) is 15.7. The van der Waals surface area contributed by atoms with Crippen molar-refractivity contribution >= 4 is 39.3 Å². The molecule has 0 aliphatic carbocycles. The molecule has 112 valence electrons. The van der Waals surface area contributed by atoms with Crippen LogP contribution in [-0.2, 0) is 11.2 Å². The molecule has 0 bridgehead atoms. The number of anilines is 1. The predicted octanol–water partition coefficient (Wildman–Crippen LogP) is 3.36. The molecule has 0 unspecified atom stereocenters. The number of carbonyl (C=O) groups excluding carboxylic acids is 1. The summed E-state index contributed by atoms with van der Waals surface area (Å²) >= 11 is 9.35. The molecule has 0 saturated carbocycles. The maximum Gasteiger partial charge on any atom is 0.360 e. The van der Waals surface area contributed by atoms with E-state index in [-0.39, 0.29) is 16.5 Å². The number of hydrogen-bond acceptors (Lipinski definition) is 4. The van der Waals surface area contributed by atoms with Gasteiger partial charge in [-0.1, -0.05) is 18.5 Å². The van der Waals surface area contributed by atoms with Crippen molar-refractivity contribution in [3.8, 4) is 5.69 Å². The Morgan fingerprint density at radius 3 is 2.76 bits per heavy atom. The normalized spacial score (nSPS) is 10.7. The van der Waals surface area contributed by atoms with Gasteiger partial charge in [0.05, 0.1) is 17.8 Å². The van der Waals surface area contributed by atoms with E-state index >= 15 is 0 Å². The van der Waals surface area contributed by atoms with E-state index in [4.69, 9.17) is 17.3 Å². The molecule has 0 amide bonds. The predicted molar refractivity (Wildman–Crippen MR) is 81.4 cm³/mol. The van der Waals surface area contributed by atoms with Crippen LogP contribution in [0.3, 0.4) is 0 Å². The Bertz CT molecular complexity index is 695. The SMILES string of the molecule is CCc1nc(C(=O)OC)c(N)n1-c1c(Cl)cc(F)cc1Br. The van der Waals surface area contributed by atoms with E-state index in [1.807, 2.05) is 6.92 Å². The fourth-order valence-corrected chi connectivity index (χ4v) is 2.98. The van der Waals surface area contributed by atoms with Crippen molar-refractivity contribution in [1.82, 2.24) is 9.55 Å². The number of rotatable bonds is 3. The van der Waals surface area contributed by atoms with E-state index in [0.29, 0.717) is 22.4 Å². The fraction of sp³-hybridized carbons (Fsp3) is 0.231. The van der Waals surface area contributed by atoms with Gasteiger partial charge < -0.3 is 10.5 Å².